The summed E-state index contributed by atoms with van der Waals surface area (Å²) in [5.74, 6) is 0.343. The first-order valence-corrected chi connectivity index (χ1v) is 7.49. The van der Waals surface area contributed by atoms with Crippen LogP contribution in [0, 0.1) is 0 Å². The molecule has 0 aliphatic carbocycles. The number of methoxy groups -OCH3 is 1. The van der Waals surface area contributed by atoms with Gasteiger partial charge >= 0.3 is 0 Å². The van der Waals surface area contributed by atoms with E-state index in [1.165, 1.54) is 19.2 Å². The van der Waals surface area contributed by atoms with Crippen molar-refractivity contribution in [3.63, 3.8) is 0 Å². The number of carbonyl (C=O) groups excluding carboxylic acids is 1. The molecular weight excluding hydrogens is 280 g/mol. The van der Waals surface area contributed by atoms with Crippen LogP contribution in [0.4, 0.5) is 0 Å². The average molecular weight is 298 g/mol. The molecule has 1 aromatic rings. The molecule has 0 bridgehead atoms. The lowest BCUT2D eigenvalue weighted by atomic mass is 10.3. The zero-order valence-electron chi connectivity index (χ0n) is 11.3. The Morgan fingerprint density at radius 3 is 2.55 bits per heavy atom. The van der Waals surface area contributed by atoms with Crippen molar-refractivity contribution in [3.05, 3.63) is 36.9 Å². The molecule has 0 aromatic heterocycles. The molecule has 110 valence electrons. The molecule has 1 aromatic carbocycles. The molecule has 0 saturated carbocycles. The number of ether oxygens (including phenoxy) is 1. The van der Waals surface area contributed by atoms with Crippen molar-refractivity contribution in [1.29, 1.82) is 0 Å². The number of hydrogen-bond donors (Lipinski definition) is 2. The van der Waals surface area contributed by atoms with Crippen LogP contribution in [0.5, 0.6) is 5.75 Å². The van der Waals surface area contributed by atoms with E-state index in [2.05, 4.69) is 16.6 Å². The fourth-order valence-electron chi connectivity index (χ4n) is 1.41. The third-order valence-corrected chi connectivity index (χ3v) is 3.93. The van der Waals surface area contributed by atoms with Gasteiger partial charge in [-0.25, -0.2) is 13.1 Å². The lowest BCUT2D eigenvalue weighted by molar-refractivity contribution is -0.120. The number of benzene rings is 1. The van der Waals surface area contributed by atoms with E-state index in [1.54, 1.807) is 18.2 Å². The van der Waals surface area contributed by atoms with E-state index in [0.29, 0.717) is 12.3 Å². The molecule has 0 atom stereocenters. The molecule has 20 heavy (non-hydrogen) atoms. The summed E-state index contributed by atoms with van der Waals surface area (Å²) in [4.78, 5) is 11.4. The van der Waals surface area contributed by atoms with Crippen molar-refractivity contribution in [2.75, 3.05) is 20.2 Å². The van der Waals surface area contributed by atoms with Crippen molar-refractivity contribution < 1.29 is 17.9 Å². The molecule has 6 nitrogen and oxygen atoms in total. The number of sulfonamides is 1. The number of amides is 1. The second kappa shape index (κ2) is 7.66. The van der Waals surface area contributed by atoms with Gasteiger partial charge in [-0.2, -0.15) is 0 Å². The summed E-state index contributed by atoms with van der Waals surface area (Å²) in [7, 11) is -2.10. The van der Waals surface area contributed by atoms with Gasteiger partial charge in [0.05, 0.1) is 12.0 Å². The molecule has 0 aliphatic rings. The highest BCUT2D eigenvalue weighted by atomic mass is 32.2. The molecule has 1 amide bonds. The summed E-state index contributed by atoms with van der Waals surface area (Å²) in [6, 6.07) is 6.01. The van der Waals surface area contributed by atoms with Gasteiger partial charge in [-0.1, -0.05) is 6.08 Å². The molecule has 0 heterocycles. The fourth-order valence-corrected chi connectivity index (χ4v) is 2.44. The van der Waals surface area contributed by atoms with Gasteiger partial charge in [0.15, 0.2) is 0 Å². The Morgan fingerprint density at radius 2 is 2.00 bits per heavy atom. The lowest BCUT2D eigenvalue weighted by Crippen LogP contribution is -2.30. The highest BCUT2D eigenvalue weighted by Gasteiger charge is 2.13. The maximum absolute atomic E-state index is 11.9. The number of nitrogens with one attached hydrogen (secondary N) is 2. The van der Waals surface area contributed by atoms with Crippen LogP contribution in [0.25, 0.3) is 0 Å². The van der Waals surface area contributed by atoms with E-state index in [1.807, 2.05) is 0 Å². The van der Waals surface area contributed by atoms with Gasteiger partial charge < -0.3 is 10.1 Å². The monoisotopic (exact) mass is 298 g/mol. The van der Waals surface area contributed by atoms with Crippen LogP contribution < -0.4 is 14.8 Å². The third kappa shape index (κ3) is 5.02. The number of carbonyl (C=O) groups is 1. The van der Waals surface area contributed by atoms with Crippen LogP contribution in [0.3, 0.4) is 0 Å². The summed E-state index contributed by atoms with van der Waals surface area (Å²) >= 11 is 0. The Kier molecular flexibility index (Phi) is 6.20. The summed E-state index contributed by atoms with van der Waals surface area (Å²) in [6.07, 6.45) is 1.63. The first kappa shape index (κ1) is 16.2. The van der Waals surface area contributed by atoms with Crippen molar-refractivity contribution in [3.8, 4) is 5.75 Å². The summed E-state index contributed by atoms with van der Waals surface area (Å²) in [5.41, 5.74) is 0. The first-order chi connectivity index (χ1) is 9.49. The quantitative estimate of drug-likeness (QED) is 0.691. The van der Waals surface area contributed by atoms with Crippen molar-refractivity contribution in [1.82, 2.24) is 10.0 Å². The normalized spacial score (nSPS) is 10.8. The maximum atomic E-state index is 11.9. The predicted octanol–water partition coefficient (Wildman–Crippen LogP) is 0.666. The van der Waals surface area contributed by atoms with E-state index < -0.39 is 10.0 Å². The lowest BCUT2D eigenvalue weighted by Gasteiger charge is -2.07. The van der Waals surface area contributed by atoms with E-state index >= 15 is 0 Å². The van der Waals surface area contributed by atoms with E-state index in [4.69, 9.17) is 4.74 Å². The Bertz CT molecular complexity index is 552. The van der Waals surface area contributed by atoms with Crippen LogP contribution >= 0.6 is 0 Å². The Hall–Kier alpha value is -1.86. The van der Waals surface area contributed by atoms with Gasteiger partial charge in [0.1, 0.15) is 5.75 Å². The molecule has 2 N–H and O–H groups in total. The van der Waals surface area contributed by atoms with Crippen LogP contribution in [0.2, 0.25) is 0 Å². The zero-order valence-corrected chi connectivity index (χ0v) is 12.1. The van der Waals surface area contributed by atoms with E-state index in [0.717, 1.165) is 0 Å². The minimum Gasteiger partial charge on any atom is -0.497 e. The molecule has 0 radical (unpaired) electrons. The Balaban J connectivity index is 2.52. The fraction of sp³-hybridized carbons (Fsp3) is 0.308. The highest BCUT2D eigenvalue weighted by Crippen LogP contribution is 2.15. The van der Waals surface area contributed by atoms with Crippen molar-refractivity contribution >= 4 is 15.9 Å². The molecule has 0 aliphatic heterocycles. The highest BCUT2D eigenvalue weighted by molar-refractivity contribution is 7.89. The Morgan fingerprint density at radius 1 is 1.35 bits per heavy atom. The average Bonchev–Trinajstić information content (AvgIpc) is 2.45. The number of hydrogen-bond acceptors (Lipinski definition) is 4. The maximum Gasteiger partial charge on any atom is 0.240 e. The van der Waals surface area contributed by atoms with Crippen molar-refractivity contribution in [2.24, 2.45) is 0 Å². The Labute approximate surface area is 118 Å². The summed E-state index contributed by atoms with van der Waals surface area (Å²) < 4.78 is 31.2. The molecule has 0 saturated heterocycles. The van der Waals surface area contributed by atoms with Gasteiger partial charge in [0, 0.05) is 19.5 Å². The second-order valence-corrected chi connectivity index (χ2v) is 5.68. The predicted molar refractivity (Wildman–Crippen MR) is 76.0 cm³/mol. The van der Waals surface area contributed by atoms with E-state index in [9.17, 15) is 13.2 Å². The van der Waals surface area contributed by atoms with Crippen LogP contribution in [0.15, 0.2) is 41.8 Å². The van der Waals surface area contributed by atoms with Crippen molar-refractivity contribution in [2.45, 2.75) is 11.3 Å². The molecule has 0 unspecified atom stereocenters. The van der Waals surface area contributed by atoms with E-state index in [-0.39, 0.29) is 23.8 Å². The first-order valence-electron chi connectivity index (χ1n) is 6.01. The largest absolute Gasteiger partial charge is 0.497 e. The van der Waals surface area contributed by atoms with Gasteiger partial charge in [-0.05, 0) is 24.3 Å². The minimum absolute atomic E-state index is 0.0390. The smallest absolute Gasteiger partial charge is 0.240 e. The zero-order chi connectivity index (χ0) is 15.0. The van der Waals surface area contributed by atoms with Crippen LogP contribution in [0.1, 0.15) is 6.42 Å². The van der Waals surface area contributed by atoms with Gasteiger partial charge in [-0.3, -0.25) is 4.79 Å². The molecular formula is C13H18N2O4S. The van der Waals surface area contributed by atoms with Gasteiger partial charge in [0.2, 0.25) is 15.9 Å². The third-order valence-electron chi connectivity index (χ3n) is 2.46. The van der Waals surface area contributed by atoms with Crippen LogP contribution in [-0.2, 0) is 14.8 Å². The number of rotatable bonds is 8. The molecule has 0 fully saturated rings. The van der Waals surface area contributed by atoms with Crippen LogP contribution in [-0.4, -0.2) is 34.5 Å². The molecule has 0 spiro atoms. The summed E-state index contributed by atoms with van der Waals surface area (Å²) in [6.45, 7) is 3.87. The topological polar surface area (TPSA) is 84.5 Å². The standard InChI is InChI=1S/C13H18N2O4S/c1-3-9-14-13(16)8-10-15-20(17,18)12-6-4-11(19-2)5-7-12/h3-7,15H,1,8-10H2,2H3,(H,14,16). The van der Waals surface area contributed by atoms with Gasteiger partial charge in [-0.15, -0.1) is 6.58 Å². The molecule has 1 rings (SSSR count). The minimum atomic E-state index is -3.61. The van der Waals surface area contributed by atoms with Gasteiger partial charge in [0.25, 0.3) is 0 Å². The SMILES string of the molecule is C=CCNC(=O)CCNS(=O)(=O)c1ccc(OC)cc1. The summed E-state index contributed by atoms with van der Waals surface area (Å²) in [5, 5.41) is 2.57. The second-order valence-electron chi connectivity index (χ2n) is 3.92. The molecule has 7 heteroatoms.